The number of nitrogens with one attached hydrogen (secondary N) is 1. The van der Waals surface area contributed by atoms with E-state index in [1.807, 2.05) is 4.90 Å². The largest absolute Gasteiger partial charge is 0.343 e. The normalized spacial score (nSPS) is 14.2. The molecule has 1 fully saturated rings. The molecule has 34 heavy (non-hydrogen) atoms. The van der Waals surface area contributed by atoms with E-state index in [1.165, 1.54) is 34.8 Å². The van der Waals surface area contributed by atoms with Gasteiger partial charge in [0.1, 0.15) is 11.6 Å². The first-order chi connectivity index (χ1) is 16.3. The summed E-state index contributed by atoms with van der Waals surface area (Å²) in [5, 5.41) is 4.08. The van der Waals surface area contributed by atoms with Crippen LogP contribution in [0.5, 0.6) is 0 Å². The van der Waals surface area contributed by atoms with E-state index in [1.54, 1.807) is 12.1 Å². The van der Waals surface area contributed by atoms with Gasteiger partial charge in [0.25, 0.3) is 0 Å². The first-order valence-electron chi connectivity index (χ1n) is 11.8. The van der Waals surface area contributed by atoms with E-state index in [4.69, 9.17) is 0 Å². The number of nitrogens with zero attached hydrogens (tertiary/aromatic N) is 4. The summed E-state index contributed by atoms with van der Waals surface area (Å²) < 4.78 is 17.6. The quantitative estimate of drug-likeness (QED) is 0.478. The van der Waals surface area contributed by atoms with Gasteiger partial charge in [0.05, 0.1) is 0 Å². The highest BCUT2D eigenvalue weighted by molar-refractivity contribution is 7.09. The highest BCUT2D eigenvalue weighted by Gasteiger charge is 2.25. The van der Waals surface area contributed by atoms with E-state index in [0.717, 1.165) is 22.2 Å². The van der Waals surface area contributed by atoms with E-state index in [9.17, 15) is 9.18 Å². The van der Waals surface area contributed by atoms with Gasteiger partial charge in [-0.1, -0.05) is 58.0 Å². The molecule has 0 spiro atoms. The first-order valence-corrected chi connectivity index (χ1v) is 12.6. The second-order valence-corrected chi connectivity index (χ2v) is 10.1. The lowest BCUT2D eigenvalue weighted by Gasteiger charge is -2.34. The summed E-state index contributed by atoms with van der Waals surface area (Å²) in [6.07, 6.45) is 0.576. The predicted molar refractivity (Wildman–Crippen MR) is 137 cm³/mol. The molecule has 4 rings (SSSR count). The summed E-state index contributed by atoms with van der Waals surface area (Å²) in [5.74, 6) is 1.14. The third-order valence-corrected chi connectivity index (χ3v) is 6.99. The van der Waals surface area contributed by atoms with Crippen molar-refractivity contribution in [3.05, 3.63) is 70.8 Å². The molecule has 1 saturated heterocycles. The summed E-state index contributed by atoms with van der Waals surface area (Å²) >= 11 is 1.37. The second kappa shape index (κ2) is 10.5. The van der Waals surface area contributed by atoms with Crippen molar-refractivity contribution in [2.75, 3.05) is 36.4 Å². The number of amides is 2. The lowest BCUT2D eigenvalue weighted by Crippen LogP contribution is -2.50. The van der Waals surface area contributed by atoms with Crippen LogP contribution in [0.25, 0.3) is 0 Å². The number of aromatic nitrogens is 2. The average Bonchev–Trinajstić information content (AvgIpc) is 3.29. The average molecular weight is 482 g/mol. The Hall–Kier alpha value is -3.00. The lowest BCUT2D eigenvalue weighted by atomic mass is 9.93. The molecule has 0 radical (unpaired) electrons. The smallest absolute Gasteiger partial charge is 0.321 e. The van der Waals surface area contributed by atoms with Gasteiger partial charge in [0, 0.05) is 49.8 Å². The third kappa shape index (κ3) is 5.55. The number of anilines is 2. The Labute approximate surface area is 205 Å². The van der Waals surface area contributed by atoms with Crippen molar-refractivity contribution >= 4 is 28.4 Å². The molecule has 2 aromatic carbocycles. The van der Waals surface area contributed by atoms with E-state index in [-0.39, 0.29) is 11.8 Å². The van der Waals surface area contributed by atoms with Crippen LogP contribution in [-0.2, 0) is 6.42 Å². The van der Waals surface area contributed by atoms with E-state index in [2.05, 4.69) is 65.5 Å². The zero-order valence-corrected chi connectivity index (χ0v) is 21.0. The maximum atomic E-state index is 13.1. The van der Waals surface area contributed by atoms with E-state index in [0.29, 0.717) is 44.4 Å². The van der Waals surface area contributed by atoms with Crippen molar-refractivity contribution in [2.45, 2.75) is 46.0 Å². The number of carbonyl (C=O) groups is 1. The predicted octanol–water partition coefficient (Wildman–Crippen LogP) is 5.87. The van der Waals surface area contributed by atoms with Gasteiger partial charge in [-0.05, 0) is 40.7 Å². The van der Waals surface area contributed by atoms with Crippen molar-refractivity contribution in [3.63, 3.8) is 0 Å². The summed E-state index contributed by atoms with van der Waals surface area (Å²) in [5.41, 5.74) is 4.27. The number of halogens is 1. The Balaban J connectivity index is 1.37. The van der Waals surface area contributed by atoms with Crippen LogP contribution in [0.3, 0.4) is 0 Å². The Morgan fingerprint density at radius 2 is 1.62 bits per heavy atom. The third-order valence-electron chi connectivity index (χ3n) is 6.18. The lowest BCUT2D eigenvalue weighted by molar-refractivity contribution is 0.208. The number of benzene rings is 2. The monoisotopic (exact) mass is 481 g/mol. The number of urea groups is 1. The molecular formula is C26H32FN5OS. The molecule has 0 saturated carbocycles. The minimum atomic E-state index is -0.245. The van der Waals surface area contributed by atoms with Gasteiger partial charge in [-0.3, -0.25) is 0 Å². The molecule has 0 aliphatic carbocycles. The number of rotatable bonds is 6. The summed E-state index contributed by atoms with van der Waals surface area (Å²) in [4.78, 5) is 21.9. The first kappa shape index (κ1) is 24.1. The molecule has 180 valence electrons. The molecule has 8 heteroatoms. The fourth-order valence-electron chi connectivity index (χ4n) is 4.21. The fraction of sp³-hybridized carbons (Fsp3) is 0.423. The molecular weight excluding hydrogens is 449 g/mol. The second-order valence-electron chi connectivity index (χ2n) is 9.32. The Morgan fingerprint density at radius 1 is 1.00 bits per heavy atom. The molecule has 3 aromatic rings. The van der Waals surface area contributed by atoms with E-state index < -0.39 is 0 Å². The van der Waals surface area contributed by atoms with Gasteiger partial charge in [-0.25, -0.2) is 14.2 Å². The summed E-state index contributed by atoms with van der Waals surface area (Å²) in [6, 6.07) is 12.7. The highest BCUT2D eigenvalue weighted by atomic mass is 32.1. The minimum absolute atomic E-state index is 0.0519. The maximum Gasteiger partial charge on any atom is 0.321 e. The Morgan fingerprint density at radius 3 is 2.21 bits per heavy atom. The molecule has 0 unspecified atom stereocenters. The molecule has 0 atom stereocenters. The molecule has 1 aromatic heterocycles. The van der Waals surface area contributed by atoms with E-state index >= 15 is 0 Å². The van der Waals surface area contributed by atoms with Crippen molar-refractivity contribution in [2.24, 2.45) is 0 Å². The molecule has 6 nitrogen and oxygen atoms in total. The van der Waals surface area contributed by atoms with Gasteiger partial charge >= 0.3 is 6.03 Å². The summed E-state index contributed by atoms with van der Waals surface area (Å²) in [7, 11) is 0. The van der Waals surface area contributed by atoms with Crippen LogP contribution in [0.2, 0.25) is 0 Å². The van der Waals surface area contributed by atoms with Gasteiger partial charge < -0.3 is 15.1 Å². The van der Waals surface area contributed by atoms with Crippen molar-refractivity contribution < 1.29 is 9.18 Å². The molecule has 2 heterocycles. The molecule has 1 N–H and O–H groups in total. The fourth-order valence-corrected chi connectivity index (χ4v) is 4.95. The zero-order valence-electron chi connectivity index (χ0n) is 20.2. The van der Waals surface area contributed by atoms with Gasteiger partial charge in [-0.2, -0.15) is 4.37 Å². The molecule has 0 bridgehead atoms. The van der Waals surface area contributed by atoms with Crippen molar-refractivity contribution in [1.82, 2.24) is 14.3 Å². The number of para-hydroxylation sites is 1. The Bertz CT molecular complexity index is 1090. The number of piperazine rings is 1. The van der Waals surface area contributed by atoms with Gasteiger partial charge in [0.2, 0.25) is 5.13 Å². The van der Waals surface area contributed by atoms with Crippen LogP contribution < -0.4 is 10.2 Å². The maximum absolute atomic E-state index is 13.1. The van der Waals surface area contributed by atoms with Crippen LogP contribution in [0.15, 0.2) is 42.5 Å². The molecule has 1 aliphatic heterocycles. The topological polar surface area (TPSA) is 61.4 Å². The highest BCUT2D eigenvalue weighted by Crippen LogP contribution is 2.32. The number of hydrogen-bond acceptors (Lipinski definition) is 5. The number of carbonyl (C=O) groups excluding carboxylic acids is 1. The van der Waals surface area contributed by atoms with Crippen molar-refractivity contribution in [1.29, 1.82) is 0 Å². The van der Waals surface area contributed by atoms with Gasteiger partial charge in [-0.15, -0.1) is 0 Å². The van der Waals surface area contributed by atoms with Crippen LogP contribution in [-0.4, -0.2) is 46.5 Å². The standard InChI is InChI=1S/C26H32FN5OS/c1-17(2)21-6-5-7-22(18(3)4)24(21)29-25(33)31-12-14-32(15-13-31)26-28-23(30-34-26)16-19-8-10-20(27)11-9-19/h5-11,17-18H,12-16H2,1-4H3,(H,29,33). The van der Waals surface area contributed by atoms with Crippen LogP contribution in [0.4, 0.5) is 20.0 Å². The SMILES string of the molecule is CC(C)c1cccc(C(C)C)c1NC(=O)N1CCN(c2nc(Cc3ccc(F)cc3)ns2)CC1. The van der Waals surface area contributed by atoms with Crippen molar-refractivity contribution in [3.8, 4) is 0 Å². The van der Waals surface area contributed by atoms with Crippen LogP contribution in [0, 0.1) is 5.82 Å². The van der Waals surface area contributed by atoms with Gasteiger partial charge in [0.15, 0.2) is 0 Å². The zero-order chi connectivity index (χ0) is 24.2. The van der Waals surface area contributed by atoms with Crippen LogP contribution in [0.1, 0.15) is 62.0 Å². The molecule has 1 aliphatic rings. The molecule has 2 amide bonds. The Kier molecular flexibility index (Phi) is 7.46. The number of hydrogen-bond donors (Lipinski definition) is 1. The van der Waals surface area contributed by atoms with Crippen LogP contribution >= 0.6 is 11.5 Å². The summed E-state index contributed by atoms with van der Waals surface area (Å²) in [6.45, 7) is 11.3. The minimum Gasteiger partial charge on any atom is -0.343 e.